The van der Waals surface area contributed by atoms with Crippen molar-refractivity contribution in [3.8, 4) is 5.88 Å². The molecule has 0 amide bonds. The molecule has 0 bridgehead atoms. The Morgan fingerprint density at radius 2 is 2.09 bits per heavy atom. The van der Waals surface area contributed by atoms with Gasteiger partial charge in [-0.3, -0.25) is 0 Å². The van der Waals surface area contributed by atoms with Crippen molar-refractivity contribution >= 4 is 11.7 Å². The van der Waals surface area contributed by atoms with E-state index in [4.69, 9.17) is 4.74 Å². The Balaban J connectivity index is 1.64. The number of hydrogen-bond acceptors (Lipinski definition) is 4. The van der Waals surface area contributed by atoms with Gasteiger partial charge in [0.2, 0.25) is 5.88 Å². The van der Waals surface area contributed by atoms with Gasteiger partial charge in [-0.05, 0) is 24.5 Å². The van der Waals surface area contributed by atoms with E-state index in [1.165, 1.54) is 0 Å². The number of aromatic nitrogens is 1. The number of carbonyl (C=O) groups is 1. The summed E-state index contributed by atoms with van der Waals surface area (Å²) in [5.74, 6) is -0.236. The summed E-state index contributed by atoms with van der Waals surface area (Å²) in [4.78, 5) is 17.4. The zero-order chi connectivity index (χ0) is 15.4. The van der Waals surface area contributed by atoms with Crippen molar-refractivity contribution in [1.29, 1.82) is 0 Å². The molecule has 0 saturated carbocycles. The monoisotopic (exact) mass is 298 g/mol. The molecule has 1 unspecified atom stereocenters. The molecule has 2 aromatic rings. The maximum absolute atomic E-state index is 11.2. The highest BCUT2D eigenvalue weighted by Crippen LogP contribution is 2.26. The minimum absolute atomic E-state index is 0.446. The molecule has 2 heterocycles. The maximum Gasteiger partial charge on any atom is 0.326 e. The average Bonchev–Trinajstić information content (AvgIpc) is 3.04. The molecule has 1 N–H and O–H groups in total. The number of ether oxygens (including phenoxy) is 1. The van der Waals surface area contributed by atoms with Crippen molar-refractivity contribution < 1.29 is 14.6 Å². The molecule has 3 rings (SSSR count). The van der Waals surface area contributed by atoms with Crippen LogP contribution >= 0.6 is 0 Å². The summed E-state index contributed by atoms with van der Waals surface area (Å²) >= 11 is 0. The first-order valence-corrected chi connectivity index (χ1v) is 7.36. The van der Waals surface area contributed by atoms with E-state index in [0.29, 0.717) is 18.9 Å². The summed E-state index contributed by atoms with van der Waals surface area (Å²) in [6.07, 6.45) is 3.26. The zero-order valence-corrected chi connectivity index (χ0v) is 12.2. The van der Waals surface area contributed by atoms with E-state index < -0.39 is 12.0 Å². The zero-order valence-electron chi connectivity index (χ0n) is 12.2. The molecule has 0 aliphatic carbocycles. The Labute approximate surface area is 129 Å². The van der Waals surface area contributed by atoms with Crippen LogP contribution in [-0.4, -0.2) is 28.6 Å². The van der Waals surface area contributed by atoms with Gasteiger partial charge in [-0.1, -0.05) is 30.3 Å². The van der Waals surface area contributed by atoms with Crippen LogP contribution in [-0.2, 0) is 11.4 Å². The van der Waals surface area contributed by atoms with Crippen molar-refractivity contribution in [2.24, 2.45) is 0 Å². The third-order valence-corrected chi connectivity index (χ3v) is 3.82. The van der Waals surface area contributed by atoms with E-state index in [2.05, 4.69) is 4.98 Å². The first kappa shape index (κ1) is 14.4. The lowest BCUT2D eigenvalue weighted by Crippen LogP contribution is -2.35. The van der Waals surface area contributed by atoms with Crippen molar-refractivity contribution in [3.63, 3.8) is 0 Å². The summed E-state index contributed by atoms with van der Waals surface area (Å²) in [6, 6.07) is 13.1. The van der Waals surface area contributed by atoms with Crippen LogP contribution in [0.4, 0.5) is 5.69 Å². The molecule has 1 aliphatic rings. The lowest BCUT2D eigenvalue weighted by Gasteiger charge is -2.23. The maximum atomic E-state index is 11.2. The van der Waals surface area contributed by atoms with Crippen LogP contribution < -0.4 is 9.64 Å². The Bertz CT molecular complexity index is 628. The van der Waals surface area contributed by atoms with E-state index >= 15 is 0 Å². The van der Waals surface area contributed by atoms with Crippen LogP contribution in [0.25, 0.3) is 0 Å². The second kappa shape index (κ2) is 6.47. The van der Waals surface area contributed by atoms with Crippen LogP contribution in [0.1, 0.15) is 18.4 Å². The quantitative estimate of drug-likeness (QED) is 0.919. The molecule has 1 atom stereocenters. The second-order valence-electron chi connectivity index (χ2n) is 5.32. The largest absolute Gasteiger partial charge is 0.480 e. The molecule has 0 spiro atoms. The van der Waals surface area contributed by atoms with Gasteiger partial charge in [0.25, 0.3) is 0 Å². The van der Waals surface area contributed by atoms with Gasteiger partial charge in [-0.15, -0.1) is 0 Å². The standard InChI is InChI=1S/C17H18N2O3/c20-17(21)15-7-4-10-19(15)14-8-9-16(18-11-14)22-12-13-5-2-1-3-6-13/h1-3,5-6,8-9,11,15H,4,7,10,12H2,(H,20,21). The van der Waals surface area contributed by atoms with E-state index in [1.807, 2.05) is 41.3 Å². The summed E-state index contributed by atoms with van der Waals surface area (Å²) < 4.78 is 5.64. The highest BCUT2D eigenvalue weighted by atomic mass is 16.5. The Kier molecular flexibility index (Phi) is 4.23. The van der Waals surface area contributed by atoms with Crippen LogP contribution in [0.15, 0.2) is 48.7 Å². The highest BCUT2D eigenvalue weighted by Gasteiger charge is 2.30. The van der Waals surface area contributed by atoms with Gasteiger partial charge >= 0.3 is 5.97 Å². The molecule has 1 aromatic heterocycles. The average molecular weight is 298 g/mol. The van der Waals surface area contributed by atoms with Gasteiger partial charge in [-0.2, -0.15) is 0 Å². The smallest absolute Gasteiger partial charge is 0.326 e. The number of carboxylic acid groups (broad SMARTS) is 1. The molecule has 5 nitrogen and oxygen atoms in total. The molecule has 1 aromatic carbocycles. The summed E-state index contributed by atoms with van der Waals surface area (Å²) in [6.45, 7) is 1.22. The molecule has 114 valence electrons. The van der Waals surface area contributed by atoms with Crippen LogP contribution in [0, 0.1) is 0 Å². The van der Waals surface area contributed by atoms with Crippen molar-refractivity contribution in [2.45, 2.75) is 25.5 Å². The lowest BCUT2D eigenvalue weighted by molar-refractivity contribution is -0.138. The number of benzene rings is 1. The first-order valence-electron chi connectivity index (χ1n) is 7.36. The fourth-order valence-corrected chi connectivity index (χ4v) is 2.69. The van der Waals surface area contributed by atoms with Crippen molar-refractivity contribution in [3.05, 3.63) is 54.2 Å². The predicted molar refractivity (Wildman–Crippen MR) is 83.0 cm³/mol. The minimum atomic E-state index is -0.776. The number of aliphatic carboxylic acids is 1. The van der Waals surface area contributed by atoms with E-state index in [9.17, 15) is 9.90 Å². The number of anilines is 1. The lowest BCUT2D eigenvalue weighted by atomic mass is 10.2. The van der Waals surface area contributed by atoms with Crippen LogP contribution in [0.5, 0.6) is 5.88 Å². The third kappa shape index (κ3) is 3.19. The molecule has 0 radical (unpaired) electrons. The van der Waals surface area contributed by atoms with Gasteiger partial charge in [-0.25, -0.2) is 9.78 Å². The normalized spacial score (nSPS) is 17.5. The summed E-state index contributed by atoms with van der Waals surface area (Å²) in [7, 11) is 0. The van der Waals surface area contributed by atoms with Crippen molar-refractivity contribution in [2.75, 3.05) is 11.4 Å². The Morgan fingerprint density at radius 1 is 1.27 bits per heavy atom. The molecule has 22 heavy (non-hydrogen) atoms. The molecular weight excluding hydrogens is 280 g/mol. The first-order chi connectivity index (χ1) is 10.7. The number of pyridine rings is 1. The van der Waals surface area contributed by atoms with E-state index in [1.54, 1.807) is 12.3 Å². The molecule has 5 heteroatoms. The summed E-state index contributed by atoms with van der Waals surface area (Å²) in [5.41, 5.74) is 1.91. The molecule has 1 aliphatic heterocycles. The number of nitrogens with zero attached hydrogens (tertiary/aromatic N) is 2. The SMILES string of the molecule is O=C(O)C1CCCN1c1ccc(OCc2ccccc2)nc1. The van der Waals surface area contributed by atoms with Gasteiger partial charge in [0.15, 0.2) is 0 Å². The predicted octanol–water partition coefficient (Wildman–Crippen LogP) is 2.71. The fourth-order valence-electron chi connectivity index (χ4n) is 2.69. The highest BCUT2D eigenvalue weighted by molar-refractivity contribution is 5.78. The van der Waals surface area contributed by atoms with Gasteiger partial charge in [0.1, 0.15) is 12.6 Å². The van der Waals surface area contributed by atoms with Crippen molar-refractivity contribution in [1.82, 2.24) is 4.98 Å². The van der Waals surface area contributed by atoms with E-state index in [0.717, 1.165) is 24.2 Å². The van der Waals surface area contributed by atoms with E-state index in [-0.39, 0.29) is 0 Å². The number of carboxylic acids is 1. The second-order valence-corrected chi connectivity index (χ2v) is 5.32. The fraction of sp³-hybridized carbons (Fsp3) is 0.294. The summed E-state index contributed by atoms with van der Waals surface area (Å²) in [5, 5.41) is 9.22. The van der Waals surface area contributed by atoms with Crippen LogP contribution in [0.3, 0.4) is 0 Å². The molecular formula is C17H18N2O3. The van der Waals surface area contributed by atoms with Gasteiger partial charge in [0, 0.05) is 12.6 Å². The minimum Gasteiger partial charge on any atom is -0.480 e. The van der Waals surface area contributed by atoms with Gasteiger partial charge < -0.3 is 14.7 Å². The molecule has 1 saturated heterocycles. The number of rotatable bonds is 5. The molecule has 1 fully saturated rings. The Morgan fingerprint density at radius 3 is 2.77 bits per heavy atom. The Hall–Kier alpha value is -2.56. The van der Waals surface area contributed by atoms with Crippen LogP contribution in [0.2, 0.25) is 0 Å². The topological polar surface area (TPSA) is 62.7 Å². The number of hydrogen-bond donors (Lipinski definition) is 1. The third-order valence-electron chi connectivity index (χ3n) is 3.82. The van der Waals surface area contributed by atoms with Gasteiger partial charge in [0.05, 0.1) is 11.9 Å².